The standard InChI is InChI=1S/C15H22N6O3S2/c1-11-13(25-14(18-11)12-9-17-19(2)10-12)15(22)21-5-3-20(4-6-21)7-8-26(16,23)24/h9-10H,3-8H2,1-2H3,(H2,16,23,24). The van der Waals surface area contributed by atoms with Gasteiger partial charge in [-0.3, -0.25) is 14.4 Å². The van der Waals surface area contributed by atoms with Crippen LogP contribution in [-0.4, -0.2) is 77.4 Å². The lowest BCUT2D eigenvalue weighted by Gasteiger charge is -2.34. The van der Waals surface area contributed by atoms with E-state index in [2.05, 4.69) is 10.1 Å². The van der Waals surface area contributed by atoms with E-state index in [-0.39, 0.29) is 11.7 Å². The van der Waals surface area contributed by atoms with E-state index in [9.17, 15) is 13.2 Å². The first-order valence-electron chi connectivity index (χ1n) is 8.21. The van der Waals surface area contributed by atoms with Gasteiger partial charge in [-0.2, -0.15) is 5.10 Å². The topological polar surface area (TPSA) is 114 Å². The number of amides is 1. The minimum atomic E-state index is -3.46. The molecule has 0 saturated carbocycles. The predicted molar refractivity (Wildman–Crippen MR) is 99.4 cm³/mol. The van der Waals surface area contributed by atoms with Gasteiger partial charge in [0.2, 0.25) is 10.0 Å². The molecular formula is C15H22N6O3S2. The van der Waals surface area contributed by atoms with Crippen LogP contribution in [0.1, 0.15) is 15.4 Å². The molecule has 0 unspecified atom stereocenters. The van der Waals surface area contributed by atoms with Gasteiger partial charge in [-0.25, -0.2) is 18.5 Å². The molecule has 1 amide bonds. The largest absolute Gasteiger partial charge is 0.335 e. The molecule has 0 bridgehead atoms. The highest BCUT2D eigenvalue weighted by molar-refractivity contribution is 7.89. The summed E-state index contributed by atoms with van der Waals surface area (Å²) >= 11 is 1.38. The van der Waals surface area contributed by atoms with Crippen LogP contribution in [0.4, 0.5) is 0 Å². The predicted octanol–water partition coefficient (Wildman–Crippen LogP) is -0.102. The van der Waals surface area contributed by atoms with Crippen molar-refractivity contribution in [3.05, 3.63) is 23.0 Å². The van der Waals surface area contributed by atoms with Crippen LogP contribution in [-0.2, 0) is 17.1 Å². The minimum absolute atomic E-state index is 0.0266. The number of piperazine rings is 1. The van der Waals surface area contributed by atoms with Gasteiger partial charge in [-0.1, -0.05) is 0 Å². The maximum Gasteiger partial charge on any atom is 0.265 e. The van der Waals surface area contributed by atoms with Crippen LogP contribution in [0.2, 0.25) is 0 Å². The summed E-state index contributed by atoms with van der Waals surface area (Å²) in [6, 6.07) is 0. The van der Waals surface area contributed by atoms with Gasteiger partial charge >= 0.3 is 0 Å². The van der Waals surface area contributed by atoms with E-state index in [4.69, 9.17) is 5.14 Å². The molecule has 2 aromatic rings. The number of aryl methyl sites for hydroxylation is 2. The molecule has 9 nitrogen and oxygen atoms in total. The van der Waals surface area contributed by atoms with Crippen LogP contribution in [0.3, 0.4) is 0 Å². The Labute approximate surface area is 156 Å². The maximum atomic E-state index is 12.8. The maximum absolute atomic E-state index is 12.8. The van der Waals surface area contributed by atoms with E-state index in [0.717, 1.165) is 16.3 Å². The number of thiazole rings is 1. The fourth-order valence-electron chi connectivity index (χ4n) is 2.82. The van der Waals surface area contributed by atoms with Gasteiger partial charge in [-0.15, -0.1) is 11.3 Å². The monoisotopic (exact) mass is 398 g/mol. The zero-order valence-corrected chi connectivity index (χ0v) is 16.4. The van der Waals surface area contributed by atoms with Gasteiger partial charge in [0.25, 0.3) is 5.91 Å². The first-order chi connectivity index (χ1) is 12.2. The molecule has 0 spiro atoms. The Bertz CT molecular complexity index is 896. The summed E-state index contributed by atoms with van der Waals surface area (Å²) in [4.78, 5) is 21.8. The molecule has 1 aliphatic heterocycles. The molecule has 2 N–H and O–H groups in total. The minimum Gasteiger partial charge on any atom is -0.335 e. The molecular weight excluding hydrogens is 376 g/mol. The summed E-state index contributed by atoms with van der Waals surface area (Å²) in [6.45, 7) is 4.62. The first kappa shape index (κ1) is 19.0. The summed E-state index contributed by atoms with van der Waals surface area (Å²) in [7, 11) is -1.62. The summed E-state index contributed by atoms with van der Waals surface area (Å²) in [6.07, 6.45) is 3.60. The van der Waals surface area contributed by atoms with E-state index in [0.29, 0.717) is 37.6 Å². The Morgan fingerprint density at radius 2 is 2.00 bits per heavy atom. The number of aromatic nitrogens is 3. The molecule has 3 rings (SSSR count). The van der Waals surface area contributed by atoms with Gasteiger partial charge in [-0.05, 0) is 6.92 Å². The quantitative estimate of drug-likeness (QED) is 0.752. The zero-order chi connectivity index (χ0) is 18.9. The number of nitrogens with zero attached hydrogens (tertiary/aromatic N) is 5. The van der Waals surface area contributed by atoms with E-state index in [1.807, 2.05) is 25.1 Å². The number of carbonyl (C=O) groups excluding carboxylic acids is 1. The Kier molecular flexibility index (Phi) is 5.42. The van der Waals surface area contributed by atoms with Crippen LogP contribution >= 0.6 is 11.3 Å². The van der Waals surface area contributed by atoms with E-state index >= 15 is 0 Å². The summed E-state index contributed by atoms with van der Waals surface area (Å²) in [5.74, 6) is -0.0927. The zero-order valence-electron chi connectivity index (χ0n) is 14.8. The normalized spacial score (nSPS) is 16.2. The molecule has 3 heterocycles. The van der Waals surface area contributed by atoms with Gasteiger partial charge in [0, 0.05) is 51.5 Å². The molecule has 0 atom stereocenters. The number of nitrogens with two attached hydrogens (primary N) is 1. The number of carbonyl (C=O) groups is 1. The van der Waals surface area contributed by atoms with Gasteiger partial charge in [0.15, 0.2) is 0 Å². The molecule has 0 aliphatic carbocycles. The number of rotatable bonds is 5. The molecule has 2 aromatic heterocycles. The van der Waals surface area contributed by atoms with Crippen LogP contribution in [0.15, 0.2) is 12.4 Å². The van der Waals surface area contributed by atoms with Crippen molar-refractivity contribution in [3.63, 3.8) is 0 Å². The number of sulfonamides is 1. The molecule has 1 fully saturated rings. The molecule has 142 valence electrons. The summed E-state index contributed by atoms with van der Waals surface area (Å²) in [5, 5.41) is 9.97. The molecule has 11 heteroatoms. The smallest absolute Gasteiger partial charge is 0.265 e. The third kappa shape index (κ3) is 4.47. The third-order valence-electron chi connectivity index (χ3n) is 4.29. The lowest BCUT2D eigenvalue weighted by atomic mass is 10.2. The van der Waals surface area contributed by atoms with Crippen molar-refractivity contribution >= 4 is 27.3 Å². The molecule has 26 heavy (non-hydrogen) atoms. The van der Waals surface area contributed by atoms with Crippen LogP contribution < -0.4 is 5.14 Å². The van der Waals surface area contributed by atoms with Gasteiger partial charge in [0.05, 0.1) is 17.6 Å². The van der Waals surface area contributed by atoms with Crippen molar-refractivity contribution in [1.82, 2.24) is 24.6 Å². The highest BCUT2D eigenvalue weighted by Crippen LogP contribution is 2.28. The second kappa shape index (κ2) is 7.43. The Hall–Kier alpha value is -1.82. The van der Waals surface area contributed by atoms with E-state index in [1.165, 1.54) is 11.3 Å². The second-order valence-electron chi connectivity index (χ2n) is 6.34. The molecule has 0 aromatic carbocycles. The van der Waals surface area contributed by atoms with Crippen LogP contribution in [0.5, 0.6) is 0 Å². The summed E-state index contributed by atoms with van der Waals surface area (Å²) in [5.41, 5.74) is 1.61. The second-order valence-corrected chi connectivity index (χ2v) is 9.07. The van der Waals surface area contributed by atoms with Crippen molar-refractivity contribution < 1.29 is 13.2 Å². The number of hydrogen-bond acceptors (Lipinski definition) is 7. The Morgan fingerprint density at radius 3 is 2.58 bits per heavy atom. The third-order valence-corrected chi connectivity index (χ3v) is 6.24. The Morgan fingerprint density at radius 1 is 1.31 bits per heavy atom. The fourth-order valence-corrected chi connectivity index (χ4v) is 4.35. The average Bonchev–Trinajstić information content (AvgIpc) is 3.18. The van der Waals surface area contributed by atoms with Gasteiger partial charge < -0.3 is 4.90 Å². The number of primary sulfonamides is 1. The first-order valence-corrected chi connectivity index (χ1v) is 10.7. The van der Waals surface area contributed by atoms with E-state index in [1.54, 1.807) is 15.8 Å². The molecule has 0 radical (unpaired) electrons. The Balaban J connectivity index is 1.63. The van der Waals surface area contributed by atoms with Crippen molar-refractivity contribution in [1.29, 1.82) is 0 Å². The lowest BCUT2D eigenvalue weighted by Crippen LogP contribution is -2.49. The SMILES string of the molecule is Cc1nc(-c2cnn(C)c2)sc1C(=O)N1CCN(CCS(N)(=O)=O)CC1. The fraction of sp³-hybridized carbons (Fsp3) is 0.533. The highest BCUT2D eigenvalue weighted by Gasteiger charge is 2.26. The van der Waals surface area contributed by atoms with Crippen LogP contribution in [0.25, 0.3) is 10.6 Å². The van der Waals surface area contributed by atoms with E-state index < -0.39 is 10.0 Å². The number of hydrogen-bond donors (Lipinski definition) is 1. The van der Waals surface area contributed by atoms with Crippen molar-refractivity contribution in [3.8, 4) is 10.6 Å². The molecule has 1 aliphatic rings. The lowest BCUT2D eigenvalue weighted by molar-refractivity contribution is 0.0648. The highest BCUT2D eigenvalue weighted by atomic mass is 32.2. The molecule has 1 saturated heterocycles. The van der Waals surface area contributed by atoms with Crippen molar-refractivity contribution in [2.24, 2.45) is 12.2 Å². The summed E-state index contributed by atoms with van der Waals surface area (Å²) < 4.78 is 23.8. The van der Waals surface area contributed by atoms with Crippen molar-refractivity contribution in [2.75, 3.05) is 38.5 Å². The van der Waals surface area contributed by atoms with Gasteiger partial charge in [0.1, 0.15) is 9.88 Å². The average molecular weight is 399 g/mol. The van der Waals surface area contributed by atoms with Crippen LogP contribution in [0, 0.1) is 6.92 Å². The van der Waals surface area contributed by atoms with Crippen molar-refractivity contribution in [2.45, 2.75) is 6.92 Å².